The molecule has 21 heteroatoms. The van der Waals surface area contributed by atoms with Gasteiger partial charge in [-0.2, -0.15) is 0 Å². The van der Waals surface area contributed by atoms with Gasteiger partial charge in [-0.05, 0) is 205 Å². The minimum atomic E-state index is -0.902. The molecule has 4 aliphatic rings. The topological polar surface area (TPSA) is 153 Å². The zero-order valence-corrected chi connectivity index (χ0v) is 74.4. The third kappa shape index (κ3) is 26.6. The molecule has 2 fully saturated rings. The molecular formula is C99H121Cl3N8O8S2. The van der Waals surface area contributed by atoms with E-state index in [0.717, 1.165) is 175 Å². The summed E-state index contributed by atoms with van der Waals surface area (Å²) in [6.07, 6.45) is 11.6. The van der Waals surface area contributed by atoms with Crippen molar-refractivity contribution in [3.05, 3.63) is 250 Å². The predicted octanol–water partition coefficient (Wildman–Crippen LogP) is 21.5. The highest BCUT2D eigenvalue weighted by Gasteiger charge is 2.36. The van der Waals surface area contributed by atoms with Gasteiger partial charge >= 0.3 is 5.97 Å². The van der Waals surface area contributed by atoms with E-state index in [-0.39, 0.29) is 48.0 Å². The predicted molar refractivity (Wildman–Crippen MR) is 498 cm³/mol. The van der Waals surface area contributed by atoms with Crippen molar-refractivity contribution in [2.24, 2.45) is 0 Å². The number of carbonyl (C=O) groups is 4. The Bertz CT molecular complexity index is 4710. The molecule has 2 N–H and O–H groups in total. The molecule has 0 amide bonds. The zero-order chi connectivity index (χ0) is 83.1. The van der Waals surface area contributed by atoms with Gasteiger partial charge in [0.1, 0.15) is 5.78 Å². The van der Waals surface area contributed by atoms with E-state index in [4.69, 9.17) is 42.5 Å². The number of ketones is 3. The van der Waals surface area contributed by atoms with E-state index in [2.05, 4.69) is 217 Å². The lowest BCUT2D eigenvalue weighted by atomic mass is 9.66. The fourth-order valence-electron chi connectivity index (χ4n) is 16.7. The molecule has 0 spiro atoms. The molecule has 10 aromatic rings. The Morgan fingerprint density at radius 1 is 0.408 bits per heavy atom. The lowest BCUT2D eigenvalue weighted by Crippen LogP contribution is -2.47. The van der Waals surface area contributed by atoms with E-state index in [1.54, 1.807) is 25.6 Å². The van der Waals surface area contributed by atoms with E-state index in [9.17, 15) is 19.2 Å². The van der Waals surface area contributed by atoms with Crippen LogP contribution in [-0.4, -0.2) is 196 Å². The first kappa shape index (κ1) is 92.8. The molecular weight excluding hydrogens is 1600 g/mol. The van der Waals surface area contributed by atoms with Crippen LogP contribution in [0.15, 0.2) is 232 Å². The van der Waals surface area contributed by atoms with Crippen molar-refractivity contribution in [3.8, 4) is 0 Å². The number of unbranched alkanes of at least 4 members (excludes halogenated alkanes) is 4. The highest BCUT2D eigenvalue weighted by Crippen LogP contribution is 2.51. The number of Topliss-reactive ketones (excluding diaryl/α,β-unsaturated/α-hetero) is 3. The van der Waals surface area contributed by atoms with Crippen molar-refractivity contribution in [3.63, 3.8) is 0 Å². The quantitative estimate of drug-likeness (QED) is 0.0212. The summed E-state index contributed by atoms with van der Waals surface area (Å²) < 4.78 is 19.9. The fraction of sp³-hybridized carbons (Fsp3) is 0.414. The molecule has 0 aliphatic carbocycles. The van der Waals surface area contributed by atoms with Crippen molar-refractivity contribution in [2.75, 3.05) is 148 Å². The lowest BCUT2D eigenvalue weighted by molar-refractivity contribution is -0.138. The van der Waals surface area contributed by atoms with Crippen molar-refractivity contribution in [2.45, 2.75) is 149 Å². The van der Waals surface area contributed by atoms with Crippen LogP contribution in [0.3, 0.4) is 0 Å². The summed E-state index contributed by atoms with van der Waals surface area (Å²) in [6, 6.07) is 74.7. The lowest BCUT2D eigenvalue weighted by Gasteiger charge is -2.36. The van der Waals surface area contributed by atoms with Crippen LogP contribution in [0.25, 0.3) is 21.8 Å². The summed E-state index contributed by atoms with van der Waals surface area (Å²) in [7, 11) is 0. The molecule has 1 aromatic heterocycles. The number of halogens is 3. The number of carbonyl (C=O) groups excluding carboxylic acids is 3. The summed E-state index contributed by atoms with van der Waals surface area (Å²) in [6.45, 7) is 28.2. The first-order valence-corrected chi connectivity index (χ1v) is 45.5. The first-order chi connectivity index (χ1) is 58.1. The number of hydrogen-bond acceptors (Lipinski definition) is 16. The zero-order valence-electron chi connectivity index (χ0n) is 70.4. The maximum Gasteiger partial charge on any atom is 0.303 e. The normalized spacial score (nSPS) is 14.3. The van der Waals surface area contributed by atoms with E-state index in [1.165, 1.54) is 97.9 Å². The molecule has 14 rings (SSSR count). The number of anilines is 4. The number of rotatable bonds is 42. The van der Waals surface area contributed by atoms with Gasteiger partial charge < -0.3 is 58.6 Å². The summed E-state index contributed by atoms with van der Waals surface area (Å²) in [4.78, 5) is 66.1. The molecule has 5 heterocycles. The Morgan fingerprint density at radius 2 is 0.800 bits per heavy atom. The minimum Gasteiger partial charge on any atom is -0.481 e. The number of carboxylic acid groups (broad SMARTS) is 1. The van der Waals surface area contributed by atoms with Gasteiger partial charge in [-0.1, -0.05) is 189 Å². The van der Waals surface area contributed by atoms with Crippen LogP contribution in [-0.2, 0) is 35.8 Å². The van der Waals surface area contributed by atoms with Gasteiger partial charge in [-0.15, -0.1) is 12.4 Å². The molecule has 4 aliphatic heterocycles. The van der Waals surface area contributed by atoms with Crippen LogP contribution in [0.1, 0.15) is 149 Å². The second-order valence-corrected chi connectivity index (χ2v) is 34.9. The van der Waals surface area contributed by atoms with Crippen LogP contribution in [0, 0.1) is 0 Å². The number of benzene rings is 9. The van der Waals surface area contributed by atoms with Crippen molar-refractivity contribution < 1.29 is 38.5 Å². The summed E-state index contributed by atoms with van der Waals surface area (Å²) >= 11 is 16.4. The largest absolute Gasteiger partial charge is 0.481 e. The Balaban J connectivity index is 0.000000197. The number of fused-ring (bicyclic) bond motifs is 7. The smallest absolute Gasteiger partial charge is 0.303 e. The van der Waals surface area contributed by atoms with Crippen molar-refractivity contribution in [1.82, 2.24) is 29.5 Å². The van der Waals surface area contributed by atoms with Gasteiger partial charge in [0, 0.05) is 179 Å². The van der Waals surface area contributed by atoms with Crippen LogP contribution < -0.4 is 15.1 Å². The monoisotopic (exact) mass is 1720 g/mol. The Morgan fingerprint density at radius 3 is 1.23 bits per heavy atom. The Hall–Kier alpha value is -7.89. The summed E-state index contributed by atoms with van der Waals surface area (Å²) in [5.41, 5.74) is 12.4. The standard InChI is InChI=1S/C52H64ClN3O3S.C26H32ClN3O3S.C21H24N2O2.ClH/c53-47-27-28-51-49(43-47)56(48-25-12-13-26-50(48)60-51)32-18-31-55-35-33-54(34-36-55)30-15-1-2-16-37-57-39-41-59-42-40-58-38-17-14-29-52(44-19-6-3-7-20-44,45-21-8-4-9-22-45)46-23-10-5-11-24-46;27-20-8-10-25-23(19-20)30(22-6-1-2-7-24(22)34-25)14-4-13-29-17-15-28(16-18-29)12-3-5-21(31)9-11-26(32)33;1-13(2)22-9-10-23-20-7-5-16(14(3)24)11-18(20)19-12-17(15(4)25)6-8-21(19)23;/h3-13,19-28,43H,1-2,14-18,29-42H2;1-2,6-8,10,19H,3-5,9,11-18H2,(H,32,33);5-8,11-13,22H,9-10H2,1-4H3;1H. The van der Waals surface area contributed by atoms with Gasteiger partial charge in [0.2, 0.25) is 0 Å². The van der Waals surface area contributed by atoms with E-state index in [0.29, 0.717) is 50.0 Å². The SMILES string of the molecule is CC(=O)c1ccc2c(c1)c1cc(C(C)=O)ccc1n2CCNC(C)C.Cl.Clc1ccc2c(c1)N(CCCN1CCN(CCCCCCOCCOCCOCCCCC(c3ccccc3)(c3ccccc3)c3ccccc3)CC1)c1ccccc1S2.O=C(O)CCC(=O)CCCN1CCN(CCCN2c3ccccc3Sc3ccc(Cl)cc32)CC1. The van der Waals surface area contributed by atoms with Crippen LogP contribution >= 0.6 is 59.1 Å². The third-order valence-electron chi connectivity index (χ3n) is 23.1. The molecule has 638 valence electrons. The molecule has 16 nitrogen and oxygen atoms in total. The average Bonchev–Trinajstić information content (AvgIpc) is 1.26. The van der Waals surface area contributed by atoms with Crippen LogP contribution in [0.5, 0.6) is 0 Å². The number of piperazine rings is 2. The number of hydrogen-bond donors (Lipinski definition) is 2. The van der Waals surface area contributed by atoms with E-state index < -0.39 is 5.97 Å². The second kappa shape index (κ2) is 48.2. The van der Waals surface area contributed by atoms with Gasteiger partial charge in [0.15, 0.2) is 11.6 Å². The molecule has 0 unspecified atom stereocenters. The molecule has 2 saturated heterocycles. The average molecular weight is 1720 g/mol. The fourth-order valence-corrected chi connectivity index (χ4v) is 19.2. The van der Waals surface area contributed by atoms with Crippen molar-refractivity contribution in [1.29, 1.82) is 0 Å². The molecule has 0 saturated carbocycles. The van der Waals surface area contributed by atoms with Crippen molar-refractivity contribution >= 4 is 127 Å². The number of nitrogens with zero attached hydrogens (tertiary/aromatic N) is 7. The van der Waals surface area contributed by atoms with E-state index in [1.807, 2.05) is 60.3 Å². The number of ether oxygens (including phenoxy) is 3. The molecule has 120 heavy (non-hydrogen) atoms. The number of aliphatic carboxylic acids is 1. The highest BCUT2D eigenvalue weighted by atomic mass is 35.5. The first-order valence-electron chi connectivity index (χ1n) is 43.1. The summed E-state index contributed by atoms with van der Waals surface area (Å²) in [5.74, 6) is -0.749. The summed E-state index contributed by atoms with van der Waals surface area (Å²) in [5, 5.41) is 15.7. The third-order valence-corrected chi connectivity index (χ3v) is 25.8. The molecule has 0 bridgehead atoms. The number of nitrogens with one attached hydrogen (secondary N) is 1. The number of carboxylic acids is 1. The van der Waals surface area contributed by atoms with Gasteiger partial charge in [0.05, 0.1) is 55.6 Å². The van der Waals surface area contributed by atoms with Gasteiger partial charge in [0.25, 0.3) is 0 Å². The minimum absolute atomic E-state index is 0. The van der Waals surface area contributed by atoms with Crippen LogP contribution in [0.2, 0.25) is 10.0 Å². The van der Waals surface area contributed by atoms with Gasteiger partial charge in [-0.3, -0.25) is 19.2 Å². The van der Waals surface area contributed by atoms with Crippen LogP contribution in [0.4, 0.5) is 22.7 Å². The second-order valence-electron chi connectivity index (χ2n) is 31.8. The highest BCUT2D eigenvalue weighted by molar-refractivity contribution is 8.00. The Kier molecular flexibility index (Phi) is 37.3. The number of aromatic nitrogens is 1. The molecule has 0 atom stereocenters. The molecule has 0 radical (unpaired) electrons. The number of para-hydroxylation sites is 2. The Labute approximate surface area is 736 Å². The van der Waals surface area contributed by atoms with E-state index >= 15 is 0 Å². The maximum atomic E-state index is 11.8. The maximum absolute atomic E-state index is 11.8. The molecule has 9 aromatic carbocycles. The van der Waals surface area contributed by atoms with Gasteiger partial charge in [-0.25, -0.2) is 0 Å².